The molecule has 0 radical (unpaired) electrons. The lowest BCUT2D eigenvalue weighted by atomic mass is 10.3. The van der Waals surface area contributed by atoms with Gasteiger partial charge >= 0.3 is 11.8 Å². The first-order valence-corrected chi connectivity index (χ1v) is 3.92. The highest BCUT2D eigenvalue weighted by atomic mass is 16.6. The van der Waals surface area contributed by atoms with Crippen LogP contribution >= 0.6 is 0 Å². The molecule has 1 rings (SSSR count). The summed E-state index contributed by atoms with van der Waals surface area (Å²) in [4.78, 5) is 21.6. The molecule has 1 aromatic heterocycles. The molecule has 1 aromatic rings. The van der Waals surface area contributed by atoms with E-state index in [1.807, 2.05) is 0 Å². The zero-order chi connectivity index (χ0) is 10.7. The normalized spacial score (nSPS) is 9.86. The van der Waals surface area contributed by atoms with Gasteiger partial charge in [0.05, 0.1) is 0 Å². The predicted molar refractivity (Wildman–Crippen MR) is 46.6 cm³/mol. The topological polar surface area (TPSA) is 69.7 Å². The van der Waals surface area contributed by atoms with Gasteiger partial charge in [-0.15, -0.1) is 0 Å². The summed E-state index contributed by atoms with van der Waals surface area (Å²) in [6.45, 7) is 6.36. The molecule has 0 aromatic carbocycles. The molecule has 5 nitrogen and oxygen atoms in total. The van der Waals surface area contributed by atoms with E-state index in [-0.39, 0.29) is 17.9 Å². The first-order chi connectivity index (χ1) is 6.50. The van der Waals surface area contributed by atoms with Crippen LogP contribution < -0.4 is 5.82 Å². The third-order valence-electron chi connectivity index (χ3n) is 1.52. The van der Waals surface area contributed by atoms with Crippen LogP contribution in [-0.2, 0) is 16.1 Å². The molecule has 0 aliphatic carbocycles. The Kier molecular flexibility index (Phi) is 2.91. The van der Waals surface area contributed by atoms with E-state index in [9.17, 15) is 9.59 Å². The fourth-order valence-electron chi connectivity index (χ4n) is 0.761. The third-order valence-corrected chi connectivity index (χ3v) is 1.52. The van der Waals surface area contributed by atoms with E-state index in [0.717, 1.165) is 0 Å². The number of hydrogen-bond donors (Lipinski definition) is 0. The minimum Gasteiger partial charge on any atom is -0.454 e. The second kappa shape index (κ2) is 3.95. The van der Waals surface area contributed by atoms with Gasteiger partial charge in [0.2, 0.25) is 0 Å². The van der Waals surface area contributed by atoms with Crippen molar-refractivity contribution in [3.8, 4) is 0 Å². The summed E-state index contributed by atoms with van der Waals surface area (Å²) in [5, 5.41) is 0. The van der Waals surface area contributed by atoms with E-state index in [1.54, 1.807) is 6.92 Å². The molecule has 0 spiro atoms. The Morgan fingerprint density at radius 3 is 2.57 bits per heavy atom. The molecule has 0 N–H and O–H groups in total. The molecular formula is C9H10O5. The molecule has 14 heavy (non-hydrogen) atoms. The highest BCUT2D eigenvalue weighted by Gasteiger charge is 2.11. The van der Waals surface area contributed by atoms with Crippen molar-refractivity contribution >= 4 is 5.97 Å². The van der Waals surface area contributed by atoms with Gasteiger partial charge in [-0.3, -0.25) is 0 Å². The fourth-order valence-corrected chi connectivity index (χ4v) is 0.761. The van der Waals surface area contributed by atoms with Crippen LogP contribution in [0.1, 0.15) is 18.4 Å². The summed E-state index contributed by atoms with van der Waals surface area (Å²) >= 11 is 0. The summed E-state index contributed by atoms with van der Waals surface area (Å²) in [7, 11) is 0. The number of aryl methyl sites for hydroxylation is 1. The largest absolute Gasteiger partial charge is 0.519 e. The van der Waals surface area contributed by atoms with Crippen LogP contribution in [0.25, 0.3) is 0 Å². The lowest BCUT2D eigenvalue weighted by Gasteiger charge is -2.00. The second-order valence-electron chi connectivity index (χ2n) is 2.79. The van der Waals surface area contributed by atoms with Crippen molar-refractivity contribution < 1.29 is 18.4 Å². The van der Waals surface area contributed by atoms with Gasteiger partial charge in [-0.2, -0.15) is 0 Å². The molecule has 0 bridgehead atoms. The number of carbonyl (C=O) groups is 1. The highest BCUT2D eigenvalue weighted by molar-refractivity contribution is 5.86. The van der Waals surface area contributed by atoms with Gasteiger partial charge in [0, 0.05) is 5.57 Å². The first kappa shape index (κ1) is 10.3. The SMILES string of the molecule is C=C(C)C(=O)OCc1oc(=O)oc1C. The quantitative estimate of drug-likeness (QED) is 0.538. The van der Waals surface area contributed by atoms with Gasteiger partial charge < -0.3 is 13.6 Å². The minimum absolute atomic E-state index is 0.122. The van der Waals surface area contributed by atoms with E-state index in [4.69, 9.17) is 4.74 Å². The molecule has 0 aliphatic rings. The van der Waals surface area contributed by atoms with Gasteiger partial charge in [0.15, 0.2) is 18.1 Å². The molecule has 0 amide bonds. The fraction of sp³-hybridized carbons (Fsp3) is 0.333. The van der Waals surface area contributed by atoms with Crippen molar-refractivity contribution in [3.05, 3.63) is 34.3 Å². The van der Waals surface area contributed by atoms with Crippen LogP contribution in [-0.4, -0.2) is 5.97 Å². The Morgan fingerprint density at radius 1 is 1.50 bits per heavy atom. The number of esters is 1. The van der Waals surface area contributed by atoms with Gasteiger partial charge in [-0.25, -0.2) is 9.59 Å². The van der Waals surface area contributed by atoms with Crippen molar-refractivity contribution in [1.82, 2.24) is 0 Å². The molecule has 76 valence electrons. The van der Waals surface area contributed by atoms with E-state index < -0.39 is 11.8 Å². The Morgan fingerprint density at radius 2 is 2.14 bits per heavy atom. The summed E-state index contributed by atoms with van der Waals surface area (Å²) < 4.78 is 13.9. The second-order valence-corrected chi connectivity index (χ2v) is 2.79. The van der Waals surface area contributed by atoms with Crippen LogP contribution in [0.3, 0.4) is 0 Å². The van der Waals surface area contributed by atoms with E-state index in [0.29, 0.717) is 5.76 Å². The molecule has 0 unspecified atom stereocenters. The number of hydrogen-bond acceptors (Lipinski definition) is 5. The molecule has 0 atom stereocenters. The van der Waals surface area contributed by atoms with Crippen LogP contribution in [0.2, 0.25) is 0 Å². The lowest BCUT2D eigenvalue weighted by Crippen LogP contribution is -2.05. The van der Waals surface area contributed by atoms with Crippen molar-refractivity contribution in [1.29, 1.82) is 0 Å². The Balaban J connectivity index is 2.62. The maximum atomic E-state index is 11.0. The first-order valence-electron chi connectivity index (χ1n) is 3.92. The Hall–Kier alpha value is -1.78. The standard InChI is InChI=1S/C9H10O5/c1-5(2)8(10)12-4-7-6(3)13-9(11)14-7/h1,4H2,2-3H3. The summed E-state index contributed by atoms with van der Waals surface area (Å²) in [6, 6.07) is 0. The van der Waals surface area contributed by atoms with Crippen molar-refractivity contribution in [2.75, 3.05) is 0 Å². The maximum Gasteiger partial charge on any atom is 0.519 e. The molecule has 0 saturated carbocycles. The van der Waals surface area contributed by atoms with Gasteiger partial charge in [-0.05, 0) is 13.8 Å². The summed E-state index contributed by atoms with van der Waals surface area (Å²) in [6.07, 6.45) is 0. The summed E-state index contributed by atoms with van der Waals surface area (Å²) in [5.41, 5.74) is 0.286. The number of carbonyl (C=O) groups excluding carboxylic acids is 1. The smallest absolute Gasteiger partial charge is 0.454 e. The van der Waals surface area contributed by atoms with Crippen molar-refractivity contribution in [2.24, 2.45) is 0 Å². The Bertz CT molecular complexity index is 409. The van der Waals surface area contributed by atoms with Crippen molar-refractivity contribution in [3.63, 3.8) is 0 Å². The van der Waals surface area contributed by atoms with Crippen LogP contribution in [0.4, 0.5) is 0 Å². The van der Waals surface area contributed by atoms with Crippen LogP contribution in [0, 0.1) is 6.92 Å². The van der Waals surface area contributed by atoms with Gasteiger partial charge in [0.1, 0.15) is 0 Å². The van der Waals surface area contributed by atoms with E-state index in [1.165, 1.54) is 6.92 Å². The molecule has 5 heteroatoms. The Labute approximate surface area is 80.0 Å². The zero-order valence-corrected chi connectivity index (χ0v) is 7.96. The third kappa shape index (κ3) is 2.35. The number of rotatable bonds is 3. The minimum atomic E-state index is -0.802. The molecular weight excluding hydrogens is 188 g/mol. The van der Waals surface area contributed by atoms with Gasteiger partial charge in [-0.1, -0.05) is 6.58 Å². The van der Waals surface area contributed by atoms with Crippen LogP contribution in [0.15, 0.2) is 25.8 Å². The number of ether oxygens (including phenoxy) is 1. The lowest BCUT2D eigenvalue weighted by molar-refractivity contribution is -0.140. The molecule has 1 heterocycles. The monoisotopic (exact) mass is 198 g/mol. The van der Waals surface area contributed by atoms with Crippen molar-refractivity contribution in [2.45, 2.75) is 20.5 Å². The maximum absolute atomic E-state index is 11.0. The molecule has 0 saturated heterocycles. The molecule has 0 fully saturated rings. The summed E-state index contributed by atoms with van der Waals surface area (Å²) in [5.74, 6) is -0.814. The average molecular weight is 198 g/mol. The van der Waals surface area contributed by atoms with Crippen LogP contribution in [0.5, 0.6) is 0 Å². The zero-order valence-electron chi connectivity index (χ0n) is 7.96. The average Bonchev–Trinajstić information content (AvgIpc) is 2.40. The highest BCUT2D eigenvalue weighted by Crippen LogP contribution is 2.07. The predicted octanol–water partition coefficient (Wildman–Crippen LogP) is 1.16. The van der Waals surface area contributed by atoms with Gasteiger partial charge in [0.25, 0.3) is 0 Å². The van der Waals surface area contributed by atoms with E-state index in [2.05, 4.69) is 15.4 Å². The molecule has 0 aliphatic heterocycles. The van der Waals surface area contributed by atoms with E-state index >= 15 is 0 Å².